The average molecular weight is 227 g/mol. The lowest BCUT2D eigenvalue weighted by atomic mass is 10.2. The van der Waals surface area contributed by atoms with Crippen LogP contribution in [0.5, 0.6) is 5.75 Å². The van der Waals surface area contributed by atoms with E-state index < -0.39 is 11.6 Å². The number of hydrogen-bond acceptors (Lipinski definition) is 2. The first-order chi connectivity index (χ1) is 7.77. The standard InChI is InChI=1S/C12H13F2O2/c13-10-4-1-5-11(12(10)14)16-8-6-9-3-2-7-15-9/h1,4,9H,2-3,6-8H2. The number of benzene rings is 1. The first-order valence-corrected chi connectivity index (χ1v) is 5.37. The number of halogens is 2. The molecule has 87 valence electrons. The summed E-state index contributed by atoms with van der Waals surface area (Å²) < 4.78 is 36.5. The predicted molar refractivity (Wildman–Crippen MR) is 54.3 cm³/mol. The predicted octanol–water partition coefficient (Wildman–Crippen LogP) is 2.71. The lowest BCUT2D eigenvalue weighted by Crippen LogP contribution is -2.11. The largest absolute Gasteiger partial charge is 0.490 e. The summed E-state index contributed by atoms with van der Waals surface area (Å²) in [5.74, 6) is -2.04. The Kier molecular flexibility index (Phi) is 3.72. The molecule has 1 aliphatic rings. The molecule has 0 aliphatic carbocycles. The Hall–Kier alpha value is -1.16. The summed E-state index contributed by atoms with van der Waals surface area (Å²) in [7, 11) is 0. The van der Waals surface area contributed by atoms with E-state index >= 15 is 0 Å². The lowest BCUT2D eigenvalue weighted by molar-refractivity contribution is 0.0895. The van der Waals surface area contributed by atoms with Crippen LogP contribution in [0, 0.1) is 17.7 Å². The van der Waals surface area contributed by atoms with Gasteiger partial charge in [-0.2, -0.15) is 4.39 Å². The summed E-state index contributed by atoms with van der Waals surface area (Å²) in [6.07, 6.45) is 2.96. The molecule has 0 bridgehead atoms. The van der Waals surface area contributed by atoms with Crippen molar-refractivity contribution in [1.82, 2.24) is 0 Å². The minimum Gasteiger partial charge on any atom is -0.490 e. The smallest absolute Gasteiger partial charge is 0.201 e. The maximum absolute atomic E-state index is 13.1. The number of rotatable bonds is 4. The maximum Gasteiger partial charge on any atom is 0.201 e. The van der Waals surface area contributed by atoms with Crippen LogP contribution in [-0.4, -0.2) is 19.3 Å². The third-order valence-corrected chi connectivity index (χ3v) is 2.56. The number of hydrogen-bond donors (Lipinski definition) is 0. The zero-order valence-electron chi connectivity index (χ0n) is 8.84. The first-order valence-electron chi connectivity index (χ1n) is 5.37. The second-order valence-electron chi connectivity index (χ2n) is 3.74. The molecule has 16 heavy (non-hydrogen) atoms. The average Bonchev–Trinajstić information content (AvgIpc) is 2.77. The zero-order valence-corrected chi connectivity index (χ0v) is 8.84. The summed E-state index contributed by atoms with van der Waals surface area (Å²) in [4.78, 5) is 0. The molecule has 1 aromatic rings. The molecule has 1 unspecified atom stereocenters. The van der Waals surface area contributed by atoms with Gasteiger partial charge in [0, 0.05) is 19.1 Å². The molecule has 1 atom stereocenters. The Balaban J connectivity index is 1.82. The van der Waals surface area contributed by atoms with Crippen LogP contribution < -0.4 is 4.74 Å². The molecular formula is C12H13F2O2. The zero-order chi connectivity index (χ0) is 11.4. The number of ether oxygens (including phenoxy) is 2. The second kappa shape index (κ2) is 5.25. The van der Waals surface area contributed by atoms with E-state index in [1.807, 2.05) is 0 Å². The van der Waals surface area contributed by atoms with Crippen molar-refractivity contribution in [3.8, 4) is 5.75 Å². The van der Waals surface area contributed by atoms with Crippen LogP contribution in [0.25, 0.3) is 0 Å². The van der Waals surface area contributed by atoms with Gasteiger partial charge in [-0.25, -0.2) is 4.39 Å². The van der Waals surface area contributed by atoms with Crippen LogP contribution in [-0.2, 0) is 4.74 Å². The topological polar surface area (TPSA) is 18.5 Å². The van der Waals surface area contributed by atoms with E-state index in [2.05, 4.69) is 6.07 Å². The summed E-state index contributed by atoms with van der Waals surface area (Å²) >= 11 is 0. The maximum atomic E-state index is 13.1. The fraction of sp³-hybridized carbons (Fsp3) is 0.500. The molecule has 4 heteroatoms. The van der Waals surface area contributed by atoms with E-state index in [1.165, 1.54) is 6.07 Å². The van der Waals surface area contributed by atoms with Crippen LogP contribution in [0.2, 0.25) is 0 Å². The van der Waals surface area contributed by atoms with Crippen molar-refractivity contribution < 1.29 is 18.3 Å². The Morgan fingerprint density at radius 1 is 1.50 bits per heavy atom. The van der Waals surface area contributed by atoms with E-state index in [0.29, 0.717) is 13.0 Å². The monoisotopic (exact) mass is 227 g/mol. The fourth-order valence-electron chi connectivity index (χ4n) is 1.70. The highest BCUT2D eigenvalue weighted by Gasteiger charge is 2.16. The highest BCUT2D eigenvalue weighted by molar-refractivity contribution is 5.23. The minimum atomic E-state index is -0.977. The van der Waals surface area contributed by atoms with Gasteiger partial charge in [0.2, 0.25) is 5.82 Å². The minimum absolute atomic E-state index is 0.155. The van der Waals surface area contributed by atoms with Gasteiger partial charge in [0.1, 0.15) is 0 Å². The van der Waals surface area contributed by atoms with Gasteiger partial charge < -0.3 is 9.47 Å². The van der Waals surface area contributed by atoms with Crippen LogP contribution in [0.3, 0.4) is 0 Å². The van der Waals surface area contributed by atoms with E-state index in [-0.39, 0.29) is 11.9 Å². The molecule has 2 nitrogen and oxygen atoms in total. The molecule has 0 aromatic heterocycles. The van der Waals surface area contributed by atoms with Crippen molar-refractivity contribution in [3.63, 3.8) is 0 Å². The SMILES string of the molecule is Fc1cc[c]c(OCCC2CCCO2)c1F. The summed E-state index contributed by atoms with van der Waals surface area (Å²) in [6.45, 7) is 1.10. The van der Waals surface area contributed by atoms with Gasteiger partial charge in [-0.05, 0) is 25.0 Å². The van der Waals surface area contributed by atoms with Crippen LogP contribution in [0.1, 0.15) is 19.3 Å². The molecule has 1 heterocycles. The summed E-state index contributed by atoms with van der Waals surface area (Å²) in [6, 6.07) is 4.85. The molecule has 0 saturated carbocycles. The fourth-order valence-corrected chi connectivity index (χ4v) is 1.70. The lowest BCUT2D eigenvalue weighted by Gasteiger charge is -2.10. The van der Waals surface area contributed by atoms with Crippen LogP contribution >= 0.6 is 0 Å². The third-order valence-electron chi connectivity index (χ3n) is 2.56. The van der Waals surface area contributed by atoms with Crippen molar-refractivity contribution in [1.29, 1.82) is 0 Å². The van der Waals surface area contributed by atoms with Crippen LogP contribution in [0.4, 0.5) is 8.78 Å². The van der Waals surface area contributed by atoms with Crippen molar-refractivity contribution in [2.24, 2.45) is 0 Å². The van der Waals surface area contributed by atoms with Crippen molar-refractivity contribution in [2.75, 3.05) is 13.2 Å². The van der Waals surface area contributed by atoms with Crippen LogP contribution in [0.15, 0.2) is 12.1 Å². The molecule has 1 aromatic carbocycles. The Bertz CT molecular complexity index is 349. The van der Waals surface area contributed by atoms with Crippen molar-refractivity contribution in [2.45, 2.75) is 25.4 Å². The van der Waals surface area contributed by atoms with E-state index in [4.69, 9.17) is 9.47 Å². The molecule has 1 fully saturated rings. The van der Waals surface area contributed by atoms with Gasteiger partial charge in [-0.1, -0.05) is 0 Å². The second-order valence-corrected chi connectivity index (χ2v) is 3.74. The van der Waals surface area contributed by atoms with E-state index in [1.54, 1.807) is 0 Å². The van der Waals surface area contributed by atoms with Gasteiger partial charge in [0.25, 0.3) is 0 Å². The summed E-state index contributed by atoms with van der Waals surface area (Å²) in [5.41, 5.74) is 0. The summed E-state index contributed by atoms with van der Waals surface area (Å²) in [5, 5.41) is 0. The van der Waals surface area contributed by atoms with Gasteiger partial charge in [0.15, 0.2) is 11.6 Å². The van der Waals surface area contributed by atoms with Gasteiger partial charge in [0.05, 0.1) is 12.7 Å². The van der Waals surface area contributed by atoms with Gasteiger partial charge >= 0.3 is 0 Å². The molecule has 1 saturated heterocycles. The normalized spacial score (nSPS) is 20.0. The van der Waals surface area contributed by atoms with Gasteiger partial charge in [-0.3, -0.25) is 0 Å². The third kappa shape index (κ3) is 2.70. The molecular weight excluding hydrogens is 214 g/mol. The quantitative estimate of drug-likeness (QED) is 0.787. The highest BCUT2D eigenvalue weighted by atomic mass is 19.2. The Morgan fingerprint density at radius 3 is 3.12 bits per heavy atom. The molecule has 0 spiro atoms. The Labute approximate surface area is 93.2 Å². The molecule has 0 N–H and O–H groups in total. The Morgan fingerprint density at radius 2 is 2.38 bits per heavy atom. The molecule has 0 amide bonds. The molecule has 1 radical (unpaired) electrons. The van der Waals surface area contributed by atoms with Crippen molar-refractivity contribution >= 4 is 0 Å². The van der Waals surface area contributed by atoms with Crippen molar-refractivity contribution in [3.05, 3.63) is 29.8 Å². The molecule has 2 rings (SSSR count). The van der Waals surface area contributed by atoms with E-state index in [9.17, 15) is 8.78 Å². The highest BCUT2D eigenvalue weighted by Crippen LogP contribution is 2.20. The first kappa shape index (κ1) is 11.3. The van der Waals surface area contributed by atoms with E-state index in [0.717, 1.165) is 25.5 Å². The molecule has 1 aliphatic heterocycles. The van der Waals surface area contributed by atoms with Gasteiger partial charge in [-0.15, -0.1) is 0 Å².